The smallest absolute Gasteiger partial charge is 0.238 e. The summed E-state index contributed by atoms with van der Waals surface area (Å²) >= 11 is 0. The predicted molar refractivity (Wildman–Crippen MR) is 81.4 cm³/mol. The van der Waals surface area contributed by atoms with Gasteiger partial charge in [0.05, 0.1) is 11.0 Å². The molecule has 1 atom stereocenters. The summed E-state index contributed by atoms with van der Waals surface area (Å²) in [6.07, 6.45) is 0.217. The number of sulfonamides is 1. The van der Waals surface area contributed by atoms with E-state index in [1.165, 1.54) is 12.1 Å². The molecule has 0 saturated carbocycles. The van der Waals surface area contributed by atoms with Crippen molar-refractivity contribution >= 4 is 15.8 Å². The van der Waals surface area contributed by atoms with Crippen molar-refractivity contribution in [2.75, 3.05) is 0 Å². The van der Waals surface area contributed by atoms with E-state index in [4.69, 9.17) is 5.14 Å². The zero-order valence-corrected chi connectivity index (χ0v) is 12.5. The Labute approximate surface area is 129 Å². The number of rotatable bonds is 5. The fraction of sp³-hybridized carbons (Fsp3) is 0.125. The van der Waals surface area contributed by atoms with E-state index in [0.717, 1.165) is 0 Å². The molecule has 2 N–H and O–H groups in total. The molecule has 0 saturated heterocycles. The third-order valence-corrected chi connectivity index (χ3v) is 4.15. The van der Waals surface area contributed by atoms with E-state index in [1.807, 2.05) is 6.07 Å². The lowest BCUT2D eigenvalue weighted by molar-refractivity contribution is 0.0948. The molecule has 6 heteroatoms. The van der Waals surface area contributed by atoms with Crippen molar-refractivity contribution in [2.24, 2.45) is 11.1 Å². The van der Waals surface area contributed by atoms with E-state index in [9.17, 15) is 18.5 Å². The van der Waals surface area contributed by atoms with Crippen LogP contribution in [0.25, 0.3) is 0 Å². The number of ketones is 1. The molecule has 2 aromatic rings. The molecular formula is C16H14N2O3S. The number of nitriles is 1. The van der Waals surface area contributed by atoms with Gasteiger partial charge < -0.3 is 0 Å². The minimum Gasteiger partial charge on any atom is -0.293 e. The number of nitrogens with zero attached hydrogens (tertiary/aromatic N) is 1. The largest absolute Gasteiger partial charge is 0.293 e. The summed E-state index contributed by atoms with van der Waals surface area (Å²) in [5.41, 5.74) is 1.18. The van der Waals surface area contributed by atoms with Crippen LogP contribution in [0.15, 0.2) is 59.5 Å². The van der Waals surface area contributed by atoms with Crippen LogP contribution in [0.4, 0.5) is 0 Å². The molecule has 0 amide bonds. The van der Waals surface area contributed by atoms with Gasteiger partial charge in [-0.1, -0.05) is 42.5 Å². The molecule has 0 aliphatic heterocycles. The minimum atomic E-state index is -3.74. The van der Waals surface area contributed by atoms with E-state index in [-0.39, 0.29) is 17.1 Å². The van der Waals surface area contributed by atoms with Crippen molar-refractivity contribution < 1.29 is 13.2 Å². The second-order valence-electron chi connectivity index (χ2n) is 4.81. The number of Topliss-reactive ketones (excluding diaryl/α,β-unsaturated/α-hetero) is 1. The average molecular weight is 314 g/mol. The van der Waals surface area contributed by atoms with Gasteiger partial charge >= 0.3 is 0 Å². The van der Waals surface area contributed by atoms with Crippen molar-refractivity contribution in [1.82, 2.24) is 0 Å². The quantitative estimate of drug-likeness (QED) is 0.851. The predicted octanol–water partition coefficient (Wildman–Crippen LogP) is 1.90. The molecule has 112 valence electrons. The standard InChI is InChI=1S/C16H14N2O3S/c17-11-14(16(19)13-4-2-1-3-5-13)10-12-6-8-15(9-7-12)22(18,20)21/h1-9,14H,10H2,(H2,18,20,21). The van der Waals surface area contributed by atoms with Crippen molar-refractivity contribution in [2.45, 2.75) is 11.3 Å². The molecule has 0 spiro atoms. The molecule has 1 unspecified atom stereocenters. The van der Waals surface area contributed by atoms with Gasteiger partial charge in [0.15, 0.2) is 5.78 Å². The Hall–Kier alpha value is -2.49. The van der Waals surface area contributed by atoms with Crippen LogP contribution in [0, 0.1) is 17.2 Å². The van der Waals surface area contributed by atoms with Gasteiger partial charge in [-0.05, 0) is 24.1 Å². The number of carbonyl (C=O) groups excluding carboxylic acids is 1. The van der Waals surface area contributed by atoms with Gasteiger partial charge in [-0.25, -0.2) is 13.6 Å². The van der Waals surface area contributed by atoms with E-state index >= 15 is 0 Å². The second-order valence-corrected chi connectivity index (χ2v) is 6.37. The van der Waals surface area contributed by atoms with Crippen LogP contribution in [-0.4, -0.2) is 14.2 Å². The SMILES string of the molecule is N#CC(Cc1ccc(S(N)(=O)=O)cc1)C(=O)c1ccccc1. The van der Waals surface area contributed by atoms with E-state index < -0.39 is 15.9 Å². The number of nitrogens with two attached hydrogens (primary N) is 1. The molecule has 0 heterocycles. The Morgan fingerprint density at radius 3 is 2.18 bits per heavy atom. The number of hydrogen-bond acceptors (Lipinski definition) is 4. The molecule has 0 aliphatic carbocycles. The number of primary sulfonamides is 1. The number of benzene rings is 2. The molecule has 0 radical (unpaired) electrons. The monoisotopic (exact) mass is 314 g/mol. The fourth-order valence-electron chi connectivity index (χ4n) is 2.05. The molecule has 0 fully saturated rings. The zero-order chi connectivity index (χ0) is 16.2. The lowest BCUT2D eigenvalue weighted by atomic mass is 9.92. The van der Waals surface area contributed by atoms with E-state index in [1.54, 1.807) is 42.5 Å². The van der Waals surface area contributed by atoms with Gasteiger partial charge in [-0.15, -0.1) is 0 Å². The van der Waals surface area contributed by atoms with Gasteiger partial charge in [0, 0.05) is 5.56 Å². The van der Waals surface area contributed by atoms with Crippen molar-refractivity contribution in [3.63, 3.8) is 0 Å². The van der Waals surface area contributed by atoms with Crippen molar-refractivity contribution in [3.05, 3.63) is 65.7 Å². The van der Waals surface area contributed by atoms with Crippen LogP contribution in [0.3, 0.4) is 0 Å². The first kappa shape index (κ1) is 15.9. The first-order valence-corrected chi connectivity index (χ1v) is 8.07. The molecule has 5 nitrogen and oxygen atoms in total. The summed E-state index contributed by atoms with van der Waals surface area (Å²) in [7, 11) is -3.74. The highest BCUT2D eigenvalue weighted by Gasteiger charge is 2.20. The Morgan fingerprint density at radius 2 is 1.68 bits per heavy atom. The van der Waals surface area contributed by atoms with Gasteiger partial charge in [0.2, 0.25) is 10.0 Å². The van der Waals surface area contributed by atoms with Crippen LogP contribution < -0.4 is 5.14 Å². The van der Waals surface area contributed by atoms with Gasteiger partial charge in [0.1, 0.15) is 5.92 Å². The summed E-state index contributed by atoms with van der Waals surface area (Å²) in [6, 6.07) is 16.5. The third kappa shape index (κ3) is 3.79. The summed E-state index contributed by atoms with van der Waals surface area (Å²) < 4.78 is 22.4. The van der Waals surface area contributed by atoms with Crippen molar-refractivity contribution in [3.8, 4) is 6.07 Å². The zero-order valence-electron chi connectivity index (χ0n) is 11.6. The maximum atomic E-state index is 12.3. The highest BCUT2D eigenvalue weighted by molar-refractivity contribution is 7.89. The summed E-state index contributed by atoms with van der Waals surface area (Å²) in [6.45, 7) is 0. The Kier molecular flexibility index (Phi) is 4.71. The normalized spacial score (nSPS) is 12.4. The molecule has 0 bridgehead atoms. The molecule has 0 aliphatic rings. The Morgan fingerprint density at radius 1 is 1.09 bits per heavy atom. The van der Waals surface area contributed by atoms with E-state index in [0.29, 0.717) is 11.1 Å². The lowest BCUT2D eigenvalue weighted by Gasteiger charge is -2.09. The maximum Gasteiger partial charge on any atom is 0.238 e. The molecule has 22 heavy (non-hydrogen) atoms. The highest BCUT2D eigenvalue weighted by Crippen LogP contribution is 2.16. The summed E-state index contributed by atoms with van der Waals surface area (Å²) in [5.74, 6) is -1.07. The third-order valence-electron chi connectivity index (χ3n) is 3.22. The fourth-order valence-corrected chi connectivity index (χ4v) is 2.57. The second kappa shape index (κ2) is 6.52. The Bertz CT molecular complexity index is 807. The topological polar surface area (TPSA) is 101 Å². The van der Waals surface area contributed by atoms with Crippen LogP contribution in [0.1, 0.15) is 15.9 Å². The van der Waals surface area contributed by atoms with Crippen LogP contribution in [0.5, 0.6) is 0 Å². The number of carbonyl (C=O) groups is 1. The van der Waals surface area contributed by atoms with Gasteiger partial charge in [0.25, 0.3) is 0 Å². The van der Waals surface area contributed by atoms with Crippen LogP contribution in [-0.2, 0) is 16.4 Å². The Balaban J connectivity index is 2.18. The first-order valence-electron chi connectivity index (χ1n) is 6.52. The summed E-state index contributed by atoms with van der Waals surface area (Å²) in [4.78, 5) is 12.3. The first-order chi connectivity index (χ1) is 10.4. The lowest BCUT2D eigenvalue weighted by Crippen LogP contribution is -2.16. The van der Waals surface area contributed by atoms with Crippen LogP contribution in [0.2, 0.25) is 0 Å². The molecule has 2 rings (SSSR count). The summed E-state index contributed by atoms with van der Waals surface area (Å²) in [5, 5.41) is 14.2. The van der Waals surface area contributed by atoms with Gasteiger partial charge in [-0.3, -0.25) is 4.79 Å². The van der Waals surface area contributed by atoms with E-state index in [2.05, 4.69) is 0 Å². The maximum absolute atomic E-state index is 12.3. The molecular weight excluding hydrogens is 300 g/mol. The highest BCUT2D eigenvalue weighted by atomic mass is 32.2. The average Bonchev–Trinajstić information content (AvgIpc) is 2.52. The van der Waals surface area contributed by atoms with Crippen LogP contribution >= 0.6 is 0 Å². The van der Waals surface area contributed by atoms with Gasteiger partial charge in [-0.2, -0.15) is 5.26 Å². The number of hydrogen-bond donors (Lipinski definition) is 1. The minimum absolute atomic E-state index is 0.000793. The molecule has 0 aromatic heterocycles. The van der Waals surface area contributed by atoms with Crippen molar-refractivity contribution in [1.29, 1.82) is 5.26 Å². The molecule has 2 aromatic carbocycles.